The molecule has 5 heteroatoms. The van der Waals surface area contributed by atoms with E-state index in [0.29, 0.717) is 12.0 Å². The molecule has 0 fully saturated rings. The Kier molecular flexibility index (Phi) is 10.2. The van der Waals surface area contributed by atoms with Crippen LogP contribution in [0.25, 0.3) is 0 Å². The minimum Gasteiger partial charge on any atom is -0.496 e. The molecule has 0 bridgehead atoms. The fourth-order valence-electron chi connectivity index (χ4n) is 1.80. The SMILES string of the molecule is CN=C(NCCc1ccccc1OC)NC(C)C(C)C.I. The lowest BCUT2D eigenvalue weighted by molar-refractivity contribution is 0.409. The average molecular weight is 405 g/mol. The zero-order valence-corrected chi connectivity index (χ0v) is 16.0. The first kappa shape index (κ1) is 20.0. The highest BCUT2D eigenvalue weighted by Crippen LogP contribution is 2.17. The summed E-state index contributed by atoms with van der Waals surface area (Å²) in [7, 11) is 3.50. The molecule has 1 atom stereocenters. The third-order valence-corrected chi connectivity index (χ3v) is 3.47. The van der Waals surface area contributed by atoms with Crippen molar-refractivity contribution in [3.05, 3.63) is 29.8 Å². The number of para-hydroxylation sites is 1. The van der Waals surface area contributed by atoms with E-state index in [-0.39, 0.29) is 24.0 Å². The number of hydrogen-bond acceptors (Lipinski definition) is 2. The summed E-state index contributed by atoms with van der Waals surface area (Å²) in [5.74, 6) is 2.36. The predicted molar refractivity (Wildman–Crippen MR) is 101 cm³/mol. The third kappa shape index (κ3) is 7.02. The maximum absolute atomic E-state index is 5.35. The van der Waals surface area contributed by atoms with E-state index in [9.17, 15) is 0 Å². The summed E-state index contributed by atoms with van der Waals surface area (Å²) >= 11 is 0. The summed E-state index contributed by atoms with van der Waals surface area (Å²) in [6, 6.07) is 8.50. The van der Waals surface area contributed by atoms with Crippen molar-refractivity contribution < 1.29 is 4.74 Å². The number of halogens is 1. The third-order valence-electron chi connectivity index (χ3n) is 3.47. The van der Waals surface area contributed by atoms with Crippen LogP contribution >= 0.6 is 24.0 Å². The normalized spacial score (nSPS) is 12.6. The minimum atomic E-state index is 0. The van der Waals surface area contributed by atoms with Crippen LogP contribution in [-0.4, -0.2) is 32.7 Å². The lowest BCUT2D eigenvalue weighted by atomic mass is 10.1. The molecular formula is C16H28IN3O. The second-order valence-corrected chi connectivity index (χ2v) is 5.24. The second kappa shape index (κ2) is 10.7. The fourth-order valence-corrected chi connectivity index (χ4v) is 1.80. The van der Waals surface area contributed by atoms with Crippen molar-refractivity contribution in [2.45, 2.75) is 33.2 Å². The number of nitrogens with one attached hydrogen (secondary N) is 2. The first-order chi connectivity index (χ1) is 9.58. The van der Waals surface area contributed by atoms with Gasteiger partial charge in [-0.1, -0.05) is 32.0 Å². The lowest BCUT2D eigenvalue weighted by Crippen LogP contribution is -2.44. The number of ether oxygens (including phenoxy) is 1. The predicted octanol–water partition coefficient (Wildman–Crippen LogP) is 3.07. The Balaban J connectivity index is 0.00000400. The van der Waals surface area contributed by atoms with Gasteiger partial charge < -0.3 is 15.4 Å². The van der Waals surface area contributed by atoms with Crippen LogP contribution in [0.15, 0.2) is 29.3 Å². The Morgan fingerprint density at radius 1 is 1.24 bits per heavy atom. The van der Waals surface area contributed by atoms with Crippen LogP contribution in [0.5, 0.6) is 5.75 Å². The number of guanidine groups is 1. The molecule has 1 aromatic carbocycles. The van der Waals surface area contributed by atoms with Crippen LogP contribution in [-0.2, 0) is 6.42 Å². The molecule has 0 radical (unpaired) electrons. The molecule has 1 aromatic rings. The highest BCUT2D eigenvalue weighted by molar-refractivity contribution is 14.0. The molecule has 0 saturated heterocycles. The van der Waals surface area contributed by atoms with Crippen LogP contribution in [0, 0.1) is 5.92 Å². The van der Waals surface area contributed by atoms with Gasteiger partial charge in [-0.25, -0.2) is 0 Å². The van der Waals surface area contributed by atoms with E-state index in [1.165, 1.54) is 5.56 Å². The largest absolute Gasteiger partial charge is 0.496 e. The summed E-state index contributed by atoms with van der Waals surface area (Å²) in [6.45, 7) is 7.38. The van der Waals surface area contributed by atoms with Crippen molar-refractivity contribution in [1.82, 2.24) is 10.6 Å². The topological polar surface area (TPSA) is 45.7 Å². The highest BCUT2D eigenvalue weighted by atomic mass is 127. The van der Waals surface area contributed by atoms with E-state index in [2.05, 4.69) is 42.5 Å². The van der Waals surface area contributed by atoms with E-state index in [4.69, 9.17) is 4.74 Å². The van der Waals surface area contributed by atoms with Gasteiger partial charge in [-0.2, -0.15) is 0 Å². The van der Waals surface area contributed by atoms with Gasteiger partial charge in [0.2, 0.25) is 0 Å². The Bertz CT molecular complexity index is 435. The van der Waals surface area contributed by atoms with Crippen LogP contribution in [0.4, 0.5) is 0 Å². The Labute approximate surface area is 145 Å². The van der Waals surface area contributed by atoms with Crippen molar-refractivity contribution in [3.8, 4) is 5.75 Å². The van der Waals surface area contributed by atoms with Gasteiger partial charge in [0.15, 0.2) is 5.96 Å². The first-order valence-corrected chi connectivity index (χ1v) is 7.17. The molecule has 4 nitrogen and oxygen atoms in total. The van der Waals surface area contributed by atoms with Crippen molar-refractivity contribution in [2.75, 3.05) is 20.7 Å². The molecule has 0 aliphatic heterocycles. The molecule has 2 N–H and O–H groups in total. The van der Waals surface area contributed by atoms with Gasteiger partial charge in [0.25, 0.3) is 0 Å². The zero-order chi connectivity index (χ0) is 15.0. The van der Waals surface area contributed by atoms with Gasteiger partial charge in [-0.3, -0.25) is 4.99 Å². The molecule has 120 valence electrons. The Morgan fingerprint density at radius 3 is 2.48 bits per heavy atom. The van der Waals surface area contributed by atoms with E-state index in [1.54, 1.807) is 14.2 Å². The molecule has 0 aliphatic carbocycles. The molecule has 0 spiro atoms. The molecule has 1 unspecified atom stereocenters. The molecular weight excluding hydrogens is 377 g/mol. The van der Waals surface area contributed by atoms with E-state index >= 15 is 0 Å². The summed E-state index contributed by atoms with van der Waals surface area (Å²) in [5, 5.41) is 6.73. The van der Waals surface area contributed by atoms with Gasteiger partial charge in [0, 0.05) is 19.6 Å². The maximum atomic E-state index is 5.35. The van der Waals surface area contributed by atoms with Crippen LogP contribution < -0.4 is 15.4 Å². The maximum Gasteiger partial charge on any atom is 0.191 e. The minimum absolute atomic E-state index is 0. The quantitative estimate of drug-likeness (QED) is 0.435. The number of nitrogens with zero attached hydrogens (tertiary/aromatic N) is 1. The molecule has 0 aromatic heterocycles. The van der Waals surface area contributed by atoms with Crippen LogP contribution in [0.1, 0.15) is 26.3 Å². The van der Waals surface area contributed by atoms with Gasteiger partial charge in [0.1, 0.15) is 5.75 Å². The van der Waals surface area contributed by atoms with Gasteiger partial charge in [-0.15, -0.1) is 24.0 Å². The summed E-state index contributed by atoms with van der Waals surface area (Å²) < 4.78 is 5.35. The number of methoxy groups -OCH3 is 1. The highest BCUT2D eigenvalue weighted by Gasteiger charge is 2.08. The summed E-state index contributed by atoms with van der Waals surface area (Å²) in [5.41, 5.74) is 1.20. The molecule has 0 aliphatic rings. The number of rotatable bonds is 6. The van der Waals surface area contributed by atoms with Crippen molar-refractivity contribution in [1.29, 1.82) is 0 Å². The number of benzene rings is 1. The van der Waals surface area contributed by atoms with Crippen molar-refractivity contribution in [3.63, 3.8) is 0 Å². The summed E-state index contributed by atoms with van der Waals surface area (Å²) in [4.78, 5) is 4.25. The van der Waals surface area contributed by atoms with E-state index < -0.39 is 0 Å². The van der Waals surface area contributed by atoms with Crippen molar-refractivity contribution >= 4 is 29.9 Å². The molecule has 21 heavy (non-hydrogen) atoms. The molecule has 1 rings (SSSR count). The number of aliphatic imine (C=N–C) groups is 1. The fraction of sp³-hybridized carbons (Fsp3) is 0.562. The van der Waals surface area contributed by atoms with Gasteiger partial charge >= 0.3 is 0 Å². The van der Waals surface area contributed by atoms with Crippen molar-refractivity contribution in [2.24, 2.45) is 10.9 Å². The standard InChI is InChI=1S/C16H27N3O.HI/c1-12(2)13(3)19-16(17-4)18-11-10-14-8-6-7-9-15(14)20-5;/h6-9,12-13H,10-11H2,1-5H3,(H2,17,18,19);1H. The summed E-state index contributed by atoms with van der Waals surface area (Å²) in [6.07, 6.45) is 0.904. The first-order valence-electron chi connectivity index (χ1n) is 7.17. The van der Waals surface area contributed by atoms with E-state index in [0.717, 1.165) is 24.7 Å². The monoisotopic (exact) mass is 405 g/mol. The average Bonchev–Trinajstić information content (AvgIpc) is 2.46. The Hall–Kier alpha value is -0.980. The van der Waals surface area contributed by atoms with E-state index in [1.807, 2.05) is 18.2 Å². The van der Waals surface area contributed by atoms with Crippen LogP contribution in [0.3, 0.4) is 0 Å². The molecule has 0 amide bonds. The van der Waals surface area contributed by atoms with Gasteiger partial charge in [-0.05, 0) is 30.9 Å². The van der Waals surface area contributed by atoms with Crippen LogP contribution in [0.2, 0.25) is 0 Å². The zero-order valence-electron chi connectivity index (χ0n) is 13.6. The smallest absolute Gasteiger partial charge is 0.191 e. The lowest BCUT2D eigenvalue weighted by Gasteiger charge is -2.20. The molecule has 0 heterocycles. The number of hydrogen-bond donors (Lipinski definition) is 2. The second-order valence-electron chi connectivity index (χ2n) is 5.24. The molecule has 0 saturated carbocycles. The van der Waals surface area contributed by atoms with Gasteiger partial charge in [0.05, 0.1) is 7.11 Å². The Morgan fingerprint density at radius 2 is 1.90 bits per heavy atom.